The molecule has 294 valence electrons. The van der Waals surface area contributed by atoms with Crippen molar-refractivity contribution in [1.82, 2.24) is 41.0 Å². The maximum atomic E-state index is 14.5. The van der Waals surface area contributed by atoms with Crippen LogP contribution in [0, 0.1) is 12.8 Å². The van der Waals surface area contributed by atoms with Crippen molar-refractivity contribution in [3.63, 3.8) is 0 Å². The second kappa shape index (κ2) is 18.3. The van der Waals surface area contributed by atoms with Gasteiger partial charge in [0.25, 0.3) is 5.91 Å². The molecule has 1 fully saturated rings. The van der Waals surface area contributed by atoms with E-state index in [9.17, 15) is 28.8 Å². The molecule has 5 atom stereocenters. The summed E-state index contributed by atoms with van der Waals surface area (Å²) < 4.78 is 0. The minimum absolute atomic E-state index is 0.0776. The number of carbonyl (C=O) groups excluding carboxylic acids is 6. The van der Waals surface area contributed by atoms with Crippen molar-refractivity contribution in [2.45, 2.75) is 71.2 Å². The molecule has 4 aromatic rings. The molecule has 1 aliphatic rings. The SMILES string of the molecule is Cc1[nH]c(-c2ccccc2)nc1C(=O)N1CC(=O)N[C@@H](Cc2ccccc2)C(=O)N(C)[C@@H](C)C(=O)N[C@H](C(C)C)C(=O)N[C@@H](C)C(=O)N[C@H](c2ccccc2)C1. The molecule has 3 aromatic carbocycles. The summed E-state index contributed by atoms with van der Waals surface area (Å²) in [4.78, 5) is 94.1. The second-order valence-electron chi connectivity index (χ2n) is 14.5. The van der Waals surface area contributed by atoms with Crippen LogP contribution in [0.2, 0.25) is 0 Å². The van der Waals surface area contributed by atoms with Crippen molar-refractivity contribution < 1.29 is 28.8 Å². The molecule has 14 nitrogen and oxygen atoms in total. The van der Waals surface area contributed by atoms with E-state index in [2.05, 4.69) is 31.2 Å². The van der Waals surface area contributed by atoms with Gasteiger partial charge in [-0.3, -0.25) is 28.8 Å². The number of hydrogen-bond acceptors (Lipinski definition) is 7. The summed E-state index contributed by atoms with van der Waals surface area (Å²) in [5.74, 6) is -3.42. The predicted octanol–water partition coefficient (Wildman–Crippen LogP) is 2.92. The highest BCUT2D eigenvalue weighted by Crippen LogP contribution is 2.21. The van der Waals surface area contributed by atoms with Gasteiger partial charge in [0.1, 0.15) is 35.7 Å². The van der Waals surface area contributed by atoms with Crippen molar-refractivity contribution in [2.24, 2.45) is 5.92 Å². The molecule has 1 aliphatic heterocycles. The van der Waals surface area contributed by atoms with Crippen LogP contribution in [0.4, 0.5) is 0 Å². The summed E-state index contributed by atoms with van der Waals surface area (Å²) in [5.41, 5.74) is 2.69. The monoisotopic (exact) mass is 762 g/mol. The maximum absolute atomic E-state index is 14.5. The number of aryl methyl sites for hydroxylation is 1. The number of aromatic amines is 1. The summed E-state index contributed by atoms with van der Waals surface area (Å²) in [6.45, 7) is 7.59. The zero-order valence-electron chi connectivity index (χ0n) is 32.5. The fourth-order valence-electron chi connectivity index (χ4n) is 6.46. The van der Waals surface area contributed by atoms with Crippen LogP contribution in [0.1, 0.15) is 61.0 Å². The van der Waals surface area contributed by atoms with E-state index in [1.807, 2.05) is 66.7 Å². The molecular formula is C42H50N8O6. The van der Waals surface area contributed by atoms with Crippen LogP contribution < -0.4 is 21.3 Å². The average molecular weight is 763 g/mol. The van der Waals surface area contributed by atoms with E-state index >= 15 is 0 Å². The fourth-order valence-corrected chi connectivity index (χ4v) is 6.46. The summed E-state index contributed by atoms with van der Waals surface area (Å²) in [6.07, 6.45) is 0.0918. The highest BCUT2D eigenvalue weighted by molar-refractivity contribution is 5.98. The van der Waals surface area contributed by atoms with E-state index in [4.69, 9.17) is 0 Å². The normalized spacial score (nSPS) is 22.1. The van der Waals surface area contributed by atoms with E-state index in [1.54, 1.807) is 45.0 Å². The van der Waals surface area contributed by atoms with Crippen molar-refractivity contribution in [3.8, 4) is 11.4 Å². The number of aromatic nitrogens is 2. The summed E-state index contributed by atoms with van der Waals surface area (Å²) >= 11 is 0. The van der Waals surface area contributed by atoms with Gasteiger partial charge in [-0.2, -0.15) is 0 Å². The van der Waals surface area contributed by atoms with Crippen molar-refractivity contribution in [1.29, 1.82) is 0 Å². The Kier molecular flexibility index (Phi) is 13.4. The quantitative estimate of drug-likeness (QED) is 0.200. The number of hydrogen-bond donors (Lipinski definition) is 5. The van der Waals surface area contributed by atoms with Gasteiger partial charge in [0.2, 0.25) is 29.5 Å². The van der Waals surface area contributed by atoms with Gasteiger partial charge in [-0.05, 0) is 37.8 Å². The van der Waals surface area contributed by atoms with Gasteiger partial charge in [-0.25, -0.2) is 4.98 Å². The van der Waals surface area contributed by atoms with E-state index in [0.29, 0.717) is 17.1 Å². The summed E-state index contributed by atoms with van der Waals surface area (Å²) in [7, 11) is 1.46. The van der Waals surface area contributed by atoms with Crippen molar-refractivity contribution in [3.05, 3.63) is 114 Å². The van der Waals surface area contributed by atoms with Gasteiger partial charge < -0.3 is 36.1 Å². The van der Waals surface area contributed by atoms with Crippen LogP contribution in [-0.2, 0) is 30.4 Å². The van der Waals surface area contributed by atoms with Crippen LogP contribution in [0.5, 0.6) is 0 Å². The molecule has 6 amide bonds. The van der Waals surface area contributed by atoms with Gasteiger partial charge in [-0.15, -0.1) is 0 Å². The highest BCUT2D eigenvalue weighted by Gasteiger charge is 2.35. The Morgan fingerprint density at radius 3 is 2.02 bits per heavy atom. The molecule has 0 aliphatic carbocycles. The predicted molar refractivity (Wildman–Crippen MR) is 211 cm³/mol. The lowest BCUT2D eigenvalue weighted by Gasteiger charge is -2.32. The lowest BCUT2D eigenvalue weighted by molar-refractivity contribution is -0.142. The van der Waals surface area contributed by atoms with Gasteiger partial charge in [0.15, 0.2) is 0 Å². The topological polar surface area (TPSA) is 186 Å². The molecule has 14 heteroatoms. The molecular weight excluding hydrogens is 713 g/mol. The first-order valence-electron chi connectivity index (χ1n) is 18.7. The second-order valence-corrected chi connectivity index (χ2v) is 14.5. The molecule has 0 radical (unpaired) electrons. The molecule has 1 saturated heterocycles. The Morgan fingerprint density at radius 1 is 0.786 bits per heavy atom. The van der Waals surface area contributed by atoms with Crippen LogP contribution in [0.15, 0.2) is 91.0 Å². The standard InChI is InChI=1S/C42H50N8O6/c1-25(2)35-40(54)44-27(4)38(52)46-33(30-18-12-8-13-19-30)23-50(42(56)36-26(3)43-37(47-36)31-20-14-9-15-21-31)24-34(51)45-32(22-29-16-10-7-11-17-29)41(55)49(6)28(5)39(53)48-35/h7-21,25,27-28,32-33,35H,22-24H2,1-6H3,(H,43,47)(H,44,54)(H,45,51)(H,46,52)(H,48,53)/t27-,28-,32-,33-,35+/m0/s1. The van der Waals surface area contributed by atoms with E-state index in [0.717, 1.165) is 11.1 Å². The summed E-state index contributed by atoms with van der Waals surface area (Å²) in [6, 6.07) is 22.2. The number of rotatable bonds is 6. The van der Waals surface area contributed by atoms with E-state index < -0.39 is 72.2 Å². The summed E-state index contributed by atoms with van der Waals surface area (Å²) in [5, 5.41) is 11.3. The van der Waals surface area contributed by atoms with Gasteiger partial charge >= 0.3 is 0 Å². The number of imidazole rings is 1. The molecule has 2 heterocycles. The molecule has 0 bridgehead atoms. The average Bonchev–Trinajstić information content (AvgIpc) is 3.59. The Bertz CT molecular complexity index is 2020. The molecule has 1 aromatic heterocycles. The molecule has 0 spiro atoms. The molecule has 5 N–H and O–H groups in total. The minimum Gasteiger partial charge on any atom is -0.346 e. The number of benzene rings is 3. The third-order valence-corrected chi connectivity index (χ3v) is 9.90. The Balaban J connectivity index is 1.58. The zero-order chi connectivity index (χ0) is 40.5. The first-order chi connectivity index (χ1) is 26.7. The zero-order valence-corrected chi connectivity index (χ0v) is 32.5. The number of carbonyl (C=O) groups is 6. The molecule has 56 heavy (non-hydrogen) atoms. The minimum atomic E-state index is -1.13. The Hall–Kier alpha value is -6.31. The van der Waals surface area contributed by atoms with Crippen LogP contribution >= 0.6 is 0 Å². The van der Waals surface area contributed by atoms with Crippen molar-refractivity contribution >= 4 is 35.4 Å². The Labute approximate surface area is 326 Å². The van der Waals surface area contributed by atoms with Gasteiger partial charge in [0, 0.05) is 31.3 Å². The number of likely N-dealkylation sites (N-methyl/N-ethyl adjacent to an activating group) is 1. The lowest BCUT2D eigenvalue weighted by atomic mass is 10.0. The number of amides is 6. The van der Waals surface area contributed by atoms with E-state index in [-0.39, 0.29) is 24.6 Å². The van der Waals surface area contributed by atoms with Crippen LogP contribution in [-0.4, -0.2) is 99.5 Å². The first-order valence-corrected chi connectivity index (χ1v) is 18.7. The third kappa shape index (κ3) is 10.1. The Morgan fingerprint density at radius 2 is 1.39 bits per heavy atom. The van der Waals surface area contributed by atoms with E-state index in [1.165, 1.54) is 30.7 Å². The molecule has 5 rings (SSSR count). The van der Waals surface area contributed by atoms with Gasteiger partial charge in [0.05, 0.1) is 12.6 Å². The lowest BCUT2D eigenvalue weighted by Crippen LogP contribution is -2.59. The molecule has 0 unspecified atom stereocenters. The smallest absolute Gasteiger partial charge is 0.274 e. The number of nitrogens with zero attached hydrogens (tertiary/aromatic N) is 3. The van der Waals surface area contributed by atoms with Gasteiger partial charge in [-0.1, -0.05) is 105 Å². The number of nitrogens with one attached hydrogen (secondary N) is 5. The largest absolute Gasteiger partial charge is 0.346 e. The number of H-pyrrole nitrogens is 1. The first kappa shape index (κ1) is 40.9. The molecule has 0 saturated carbocycles. The third-order valence-electron chi connectivity index (χ3n) is 9.90. The van der Waals surface area contributed by atoms with Crippen LogP contribution in [0.25, 0.3) is 11.4 Å². The fraction of sp³-hybridized carbons (Fsp3) is 0.357. The van der Waals surface area contributed by atoms with Crippen molar-refractivity contribution in [2.75, 3.05) is 20.1 Å². The highest BCUT2D eigenvalue weighted by atomic mass is 16.2. The maximum Gasteiger partial charge on any atom is 0.274 e. The van der Waals surface area contributed by atoms with Crippen LogP contribution in [0.3, 0.4) is 0 Å².